The molecule has 1 aromatic carbocycles. The number of hydrogen-bond donors (Lipinski definition) is 0. The summed E-state index contributed by atoms with van der Waals surface area (Å²) in [5, 5.41) is 0.988. The van der Waals surface area contributed by atoms with Crippen LogP contribution < -0.4 is 14.5 Å². The highest BCUT2D eigenvalue weighted by Gasteiger charge is 2.22. The highest BCUT2D eigenvalue weighted by Crippen LogP contribution is 2.37. The van der Waals surface area contributed by atoms with E-state index in [1.165, 1.54) is 5.69 Å². The number of hydrogen-bond acceptors (Lipinski definition) is 6. The van der Waals surface area contributed by atoms with Gasteiger partial charge in [-0.25, -0.2) is 0 Å². The maximum absolute atomic E-state index is 6.22. The van der Waals surface area contributed by atoms with Crippen LogP contribution in [0, 0.1) is 0 Å². The van der Waals surface area contributed by atoms with E-state index in [9.17, 15) is 0 Å². The molecule has 0 atom stereocenters. The molecule has 0 saturated carbocycles. The van der Waals surface area contributed by atoms with Crippen molar-refractivity contribution >= 4 is 33.4 Å². The lowest BCUT2D eigenvalue weighted by molar-refractivity contribution is 0.412. The predicted octanol–water partition coefficient (Wildman–Crippen LogP) is 3.71. The van der Waals surface area contributed by atoms with Crippen molar-refractivity contribution in [3.63, 3.8) is 0 Å². The maximum atomic E-state index is 6.22. The molecule has 4 heterocycles. The number of benzene rings is 1. The molecule has 5 rings (SSSR count). The van der Waals surface area contributed by atoms with Crippen LogP contribution in [0.15, 0.2) is 59.4 Å². The van der Waals surface area contributed by atoms with Gasteiger partial charge < -0.3 is 19.0 Å². The number of para-hydroxylation sites is 1. The van der Waals surface area contributed by atoms with Gasteiger partial charge in [-0.15, -0.1) is 0 Å². The van der Waals surface area contributed by atoms with E-state index in [1.807, 2.05) is 42.9 Å². The minimum atomic E-state index is 0.735. The first-order valence-electron chi connectivity index (χ1n) is 9.09. The van der Waals surface area contributed by atoms with Gasteiger partial charge in [-0.1, -0.05) is 6.07 Å². The Balaban J connectivity index is 1.49. The van der Waals surface area contributed by atoms with E-state index in [4.69, 9.17) is 9.15 Å². The molecule has 1 aliphatic heterocycles. The van der Waals surface area contributed by atoms with Gasteiger partial charge in [0.1, 0.15) is 5.52 Å². The molecular formula is C21H20N4O2. The van der Waals surface area contributed by atoms with Gasteiger partial charge in [0.15, 0.2) is 16.9 Å². The lowest BCUT2D eigenvalue weighted by Gasteiger charge is -2.37. The number of methoxy groups -OCH3 is 1. The predicted molar refractivity (Wildman–Crippen MR) is 107 cm³/mol. The van der Waals surface area contributed by atoms with Crippen LogP contribution in [0.2, 0.25) is 0 Å². The summed E-state index contributed by atoms with van der Waals surface area (Å²) in [6.45, 7) is 3.76. The molecule has 1 aliphatic rings. The van der Waals surface area contributed by atoms with E-state index < -0.39 is 0 Å². The largest absolute Gasteiger partial charge is 0.493 e. The summed E-state index contributed by atoms with van der Waals surface area (Å²) in [7, 11) is 1.66. The SMILES string of the molecule is COc1cccc2c1oc1c(N3CCN(c4ccncc4)CC3)ccnc12. The number of fused-ring (bicyclic) bond motifs is 3. The molecule has 3 aromatic heterocycles. The summed E-state index contributed by atoms with van der Waals surface area (Å²) < 4.78 is 11.7. The molecule has 1 saturated heterocycles. The highest BCUT2D eigenvalue weighted by atomic mass is 16.5. The Morgan fingerprint density at radius 1 is 0.889 bits per heavy atom. The number of ether oxygens (including phenoxy) is 1. The van der Waals surface area contributed by atoms with E-state index in [-0.39, 0.29) is 0 Å². The van der Waals surface area contributed by atoms with Crippen molar-refractivity contribution in [2.45, 2.75) is 0 Å². The van der Waals surface area contributed by atoms with Crippen molar-refractivity contribution < 1.29 is 9.15 Å². The topological polar surface area (TPSA) is 54.6 Å². The smallest absolute Gasteiger partial charge is 0.179 e. The Hall–Kier alpha value is -3.28. The fourth-order valence-electron chi connectivity index (χ4n) is 3.81. The Kier molecular flexibility index (Phi) is 3.81. The fraction of sp³-hybridized carbons (Fsp3) is 0.238. The molecule has 0 amide bonds. The molecule has 0 radical (unpaired) electrons. The summed E-state index contributed by atoms with van der Waals surface area (Å²) in [6, 6.07) is 12.1. The van der Waals surface area contributed by atoms with E-state index in [1.54, 1.807) is 7.11 Å². The summed E-state index contributed by atoms with van der Waals surface area (Å²) in [6.07, 6.45) is 5.55. The quantitative estimate of drug-likeness (QED) is 0.555. The Bertz CT molecular complexity index is 1090. The van der Waals surface area contributed by atoms with Crippen LogP contribution >= 0.6 is 0 Å². The number of anilines is 2. The zero-order chi connectivity index (χ0) is 18.2. The van der Waals surface area contributed by atoms with Gasteiger partial charge in [0.2, 0.25) is 0 Å². The van der Waals surface area contributed by atoms with Gasteiger partial charge in [-0.3, -0.25) is 9.97 Å². The molecule has 0 unspecified atom stereocenters. The molecule has 4 aromatic rings. The first kappa shape index (κ1) is 15.9. The van der Waals surface area contributed by atoms with E-state index in [0.29, 0.717) is 0 Å². The molecule has 1 fully saturated rings. The summed E-state index contributed by atoms with van der Waals surface area (Å²) in [4.78, 5) is 13.4. The second-order valence-corrected chi connectivity index (χ2v) is 6.63. The van der Waals surface area contributed by atoms with Crippen molar-refractivity contribution in [1.29, 1.82) is 0 Å². The van der Waals surface area contributed by atoms with Gasteiger partial charge in [0, 0.05) is 50.5 Å². The number of aromatic nitrogens is 2. The van der Waals surface area contributed by atoms with Gasteiger partial charge in [-0.05, 0) is 30.3 Å². The van der Waals surface area contributed by atoms with Crippen LogP contribution in [-0.4, -0.2) is 43.3 Å². The van der Waals surface area contributed by atoms with E-state index >= 15 is 0 Å². The molecule has 0 aliphatic carbocycles. The monoisotopic (exact) mass is 360 g/mol. The first-order chi connectivity index (χ1) is 13.3. The molecule has 6 nitrogen and oxygen atoms in total. The molecule has 136 valence electrons. The van der Waals surface area contributed by atoms with Crippen LogP contribution in [0.1, 0.15) is 0 Å². The van der Waals surface area contributed by atoms with Gasteiger partial charge in [0.25, 0.3) is 0 Å². The zero-order valence-corrected chi connectivity index (χ0v) is 15.1. The lowest BCUT2D eigenvalue weighted by Crippen LogP contribution is -2.46. The van der Waals surface area contributed by atoms with E-state index in [0.717, 1.165) is 59.7 Å². The van der Waals surface area contributed by atoms with Crippen LogP contribution in [0.5, 0.6) is 5.75 Å². The number of piperazine rings is 1. The lowest BCUT2D eigenvalue weighted by atomic mass is 10.2. The molecule has 0 spiro atoms. The van der Waals surface area contributed by atoms with Crippen molar-refractivity contribution in [2.75, 3.05) is 43.1 Å². The zero-order valence-electron chi connectivity index (χ0n) is 15.1. The summed E-state index contributed by atoms with van der Waals surface area (Å²) in [5.74, 6) is 0.735. The molecule has 6 heteroatoms. The van der Waals surface area contributed by atoms with Crippen LogP contribution in [-0.2, 0) is 0 Å². The van der Waals surface area contributed by atoms with Crippen molar-refractivity contribution in [2.24, 2.45) is 0 Å². The number of furan rings is 1. The Labute approximate surface area is 157 Å². The van der Waals surface area contributed by atoms with Crippen molar-refractivity contribution in [3.05, 3.63) is 55.0 Å². The molecule has 0 bridgehead atoms. The summed E-state index contributed by atoms with van der Waals surface area (Å²) in [5.41, 5.74) is 4.78. The fourth-order valence-corrected chi connectivity index (χ4v) is 3.81. The third-order valence-electron chi connectivity index (χ3n) is 5.19. The molecule has 0 N–H and O–H groups in total. The number of pyridine rings is 2. The Morgan fingerprint density at radius 3 is 2.44 bits per heavy atom. The van der Waals surface area contributed by atoms with Gasteiger partial charge in [-0.2, -0.15) is 0 Å². The second kappa shape index (κ2) is 6.46. The third kappa shape index (κ3) is 2.65. The van der Waals surface area contributed by atoms with Crippen molar-refractivity contribution in [1.82, 2.24) is 9.97 Å². The average Bonchev–Trinajstić information content (AvgIpc) is 3.13. The van der Waals surface area contributed by atoms with Crippen LogP contribution in [0.4, 0.5) is 11.4 Å². The average molecular weight is 360 g/mol. The highest BCUT2D eigenvalue weighted by molar-refractivity contribution is 6.08. The molecular weight excluding hydrogens is 340 g/mol. The Morgan fingerprint density at radius 2 is 1.67 bits per heavy atom. The van der Waals surface area contributed by atoms with Gasteiger partial charge >= 0.3 is 0 Å². The normalized spacial score (nSPS) is 14.9. The number of nitrogens with zero attached hydrogens (tertiary/aromatic N) is 4. The number of rotatable bonds is 3. The molecule has 27 heavy (non-hydrogen) atoms. The minimum Gasteiger partial charge on any atom is -0.493 e. The maximum Gasteiger partial charge on any atom is 0.179 e. The minimum absolute atomic E-state index is 0.735. The van der Waals surface area contributed by atoms with Crippen LogP contribution in [0.3, 0.4) is 0 Å². The first-order valence-corrected chi connectivity index (χ1v) is 9.09. The van der Waals surface area contributed by atoms with Crippen LogP contribution in [0.25, 0.3) is 22.1 Å². The van der Waals surface area contributed by atoms with E-state index in [2.05, 4.69) is 31.9 Å². The standard InChI is InChI=1S/C21H20N4O2/c1-26-18-4-2-3-16-19-21(27-20(16)18)17(7-10-23-19)25-13-11-24(12-14-25)15-5-8-22-9-6-15/h2-10H,11-14H2,1H3. The second-order valence-electron chi connectivity index (χ2n) is 6.63. The summed E-state index contributed by atoms with van der Waals surface area (Å²) >= 11 is 0. The van der Waals surface area contributed by atoms with Crippen molar-refractivity contribution in [3.8, 4) is 5.75 Å². The van der Waals surface area contributed by atoms with Gasteiger partial charge in [0.05, 0.1) is 18.2 Å². The third-order valence-corrected chi connectivity index (χ3v) is 5.19.